The number of halogens is 3. The quantitative estimate of drug-likeness (QED) is 0.651. The summed E-state index contributed by atoms with van der Waals surface area (Å²) >= 11 is 0. The Bertz CT molecular complexity index is 988. The molecule has 0 spiro atoms. The molecule has 0 saturated carbocycles. The molecule has 0 unspecified atom stereocenters. The molecule has 3 rings (SSSR count). The maximum Gasteiger partial charge on any atom is 0.471 e. The molecular weight excluding hydrogens is 391 g/mol. The van der Waals surface area contributed by atoms with Crippen LogP contribution in [0.15, 0.2) is 53.2 Å². The summed E-state index contributed by atoms with van der Waals surface area (Å²) in [4.78, 5) is 31.0. The van der Waals surface area contributed by atoms with Gasteiger partial charge >= 0.3 is 12.1 Å². The molecule has 0 aliphatic heterocycles. The van der Waals surface area contributed by atoms with Crippen LogP contribution in [0, 0.1) is 0 Å². The summed E-state index contributed by atoms with van der Waals surface area (Å²) in [6, 6.07) is 11.9. The Morgan fingerprint density at radius 3 is 2.41 bits per heavy atom. The molecule has 3 aromatic rings. The van der Waals surface area contributed by atoms with Crippen LogP contribution >= 0.6 is 0 Å². The minimum absolute atomic E-state index is 0.00130. The molecule has 2 aromatic heterocycles. The fraction of sp³-hybridized carbons (Fsp3) is 0.167. The summed E-state index contributed by atoms with van der Waals surface area (Å²) in [5, 5.41) is 8.30. The maximum atomic E-state index is 12.5. The predicted molar refractivity (Wildman–Crippen MR) is 93.2 cm³/mol. The number of benzene rings is 1. The van der Waals surface area contributed by atoms with Crippen molar-refractivity contribution in [3.63, 3.8) is 0 Å². The zero-order chi connectivity index (χ0) is 20.9. The van der Waals surface area contributed by atoms with Crippen molar-refractivity contribution >= 4 is 11.8 Å². The van der Waals surface area contributed by atoms with Gasteiger partial charge < -0.3 is 15.2 Å². The first-order valence-electron chi connectivity index (χ1n) is 8.29. The summed E-state index contributed by atoms with van der Waals surface area (Å²) in [5.41, 5.74) is 1.03. The number of carbonyl (C=O) groups excluding carboxylic acids is 2. The summed E-state index contributed by atoms with van der Waals surface area (Å²) in [5.74, 6) is -2.79. The van der Waals surface area contributed by atoms with E-state index in [1.54, 1.807) is 0 Å². The van der Waals surface area contributed by atoms with E-state index in [9.17, 15) is 22.8 Å². The highest BCUT2D eigenvalue weighted by atomic mass is 19.4. The van der Waals surface area contributed by atoms with Crippen LogP contribution in [-0.2, 0) is 17.5 Å². The van der Waals surface area contributed by atoms with Crippen LogP contribution in [0.3, 0.4) is 0 Å². The number of rotatable bonds is 6. The fourth-order valence-electron chi connectivity index (χ4n) is 2.22. The second-order valence-electron chi connectivity index (χ2n) is 5.80. The third-order valence-corrected chi connectivity index (χ3v) is 3.67. The van der Waals surface area contributed by atoms with Crippen LogP contribution in [0.5, 0.6) is 0 Å². The van der Waals surface area contributed by atoms with Gasteiger partial charge in [0.2, 0.25) is 11.7 Å². The highest BCUT2D eigenvalue weighted by Crippen LogP contribution is 2.28. The van der Waals surface area contributed by atoms with Crippen molar-refractivity contribution in [1.82, 2.24) is 25.8 Å². The van der Waals surface area contributed by atoms with Gasteiger partial charge in [-0.25, -0.2) is 0 Å². The first kappa shape index (κ1) is 20.0. The average Bonchev–Trinajstić information content (AvgIpc) is 3.22. The van der Waals surface area contributed by atoms with E-state index in [0.717, 1.165) is 11.8 Å². The molecule has 0 atom stereocenters. The summed E-state index contributed by atoms with van der Waals surface area (Å²) < 4.78 is 41.6. The van der Waals surface area contributed by atoms with Gasteiger partial charge in [0, 0.05) is 12.7 Å². The number of carbonyl (C=O) groups is 2. The van der Waals surface area contributed by atoms with Gasteiger partial charge in [0.1, 0.15) is 5.69 Å². The van der Waals surface area contributed by atoms with E-state index in [4.69, 9.17) is 0 Å². The number of pyridine rings is 1. The maximum absolute atomic E-state index is 12.5. The molecule has 0 aliphatic carbocycles. The van der Waals surface area contributed by atoms with Crippen LogP contribution in [0.2, 0.25) is 0 Å². The fourth-order valence-corrected chi connectivity index (χ4v) is 2.22. The Labute approximate surface area is 162 Å². The molecule has 11 heteroatoms. The molecule has 0 aliphatic rings. The van der Waals surface area contributed by atoms with Gasteiger partial charge in [-0.2, -0.15) is 18.2 Å². The predicted octanol–water partition coefficient (Wildman–Crippen LogP) is 2.20. The number of nitrogens with zero attached hydrogens (tertiary/aromatic N) is 3. The molecule has 1 aromatic carbocycles. The molecule has 29 heavy (non-hydrogen) atoms. The minimum atomic E-state index is -4.76. The molecular formula is C18H14F3N5O3. The van der Waals surface area contributed by atoms with Gasteiger partial charge in [-0.1, -0.05) is 35.5 Å². The van der Waals surface area contributed by atoms with Gasteiger partial charge in [0.25, 0.3) is 5.91 Å². The molecule has 0 radical (unpaired) electrons. The number of hydrogen-bond acceptors (Lipinski definition) is 6. The first-order valence-corrected chi connectivity index (χ1v) is 8.29. The summed E-state index contributed by atoms with van der Waals surface area (Å²) in [7, 11) is 0. The average molecular weight is 405 g/mol. The van der Waals surface area contributed by atoms with E-state index in [1.165, 1.54) is 12.1 Å². The van der Waals surface area contributed by atoms with E-state index < -0.39 is 18.0 Å². The van der Waals surface area contributed by atoms with E-state index in [1.807, 2.05) is 30.3 Å². The number of nitrogens with one attached hydrogen (secondary N) is 2. The van der Waals surface area contributed by atoms with Gasteiger partial charge in [-0.3, -0.25) is 14.6 Å². The lowest BCUT2D eigenvalue weighted by Crippen LogP contribution is -2.36. The lowest BCUT2D eigenvalue weighted by molar-refractivity contribution is -0.159. The number of hydrogen-bond donors (Lipinski definition) is 2. The SMILES string of the molecule is O=C(CNC(=O)c1ccc(-c2noc(C(F)(F)F)n2)nc1)NCc1ccccc1. The Balaban J connectivity index is 1.52. The molecule has 150 valence electrons. The van der Waals surface area contributed by atoms with Crippen LogP contribution in [0.25, 0.3) is 11.5 Å². The highest BCUT2D eigenvalue weighted by Gasteiger charge is 2.38. The van der Waals surface area contributed by atoms with Crippen molar-refractivity contribution in [3.8, 4) is 11.5 Å². The zero-order valence-electron chi connectivity index (χ0n) is 14.7. The highest BCUT2D eigenvalue weighted by molar-refractivity contribution is 5.96. The van der Waals surface area contributed by atoms with Crippen LogP contribution in [0.4, 0.5) is 13.2 Å². The van der Waals surface area contributed by atoms with Crippen LogP contribution < -0.4 is 10.6 Å². The minimum Gasteiger partial charge on any atom is -0.350 e. The number of alkyl halides is 3. The molecule has 0 saturated heterocycles. The second-order valence-corrected chi connectivity index (χ2v) is 5.80. The smallest absolute Gasteiger partial charge is 0.350 e. The van der Waals surface area contributed by atoms with Crippen molar-refractivity contribution in [1.29, 1.82) is 0 Å². The Kier molecular flexibility index (Phi) is 5.86. The van der Waals surface area contributed by atoms with Crippen molar-refractivity contribution in [2.75, 3.05) is 6.54 Å². The van der Waals surface area contributed by atoms with Gasteiger partial charge in [0.15, 0.2) is 0 Å². The van der Waals surface area contributed by atoms with Crippen molar-refractivity contribution < 1.29 is 27.3 Å². The molecule has 2 N–H and O–H groups in total. The van der Waals surface area contributed by atoms with Crippen molar-refractivity contribution in [2.24, 2.45) is 0 Å². The lowest BCUT2D eigenvalue weighted by atomic mass is 10.2. The Hall–Kier alpha value is -3.76. The van der Waals surface area contributed by atoms with E-state index in [0.29, 0.717) is 6.54 Å². The molecule has 0 bridgehead atoms. The van der Waals surface area contributed by atoms with Crippen LogP contribution in [-0.4, -0.2) is 33.5 Å². The van der Waals surface area contributed by atoms with Crippen molar-refractivity contribution in [2.45, 2.75) is 12.7 Å². The monoisotopic (exact) mass is 405 g/mol. The molecule has 2 heterocycles. The number of aromatic nitrogens is 3. The van der Waals surface area contributed by atoms with Crippen LogP contribution in [0.1, 0.15) is 21.8 Å². The van der Waals surface area contributed by atoms with Crippen molar-refractivity contribution in [3.05, 3.63) is 65.7 Å². The topological polar surface area (TPSA) is 110 Å². The standard InChI is InChI=1S/C18H14F3N5O3/c19-18(20,21)17-25-15(26-29-17)13-7-6-12(9-22-13)16(28)24-10-14(27)23-8-11-4-2-1-3-5-11/h1-7,9H,8,10H2,(H,23,27)(H,24,28). The summed E-state index contributed by atoms with van der Waals surface area (Å²) in [6.45, 7) is 0.0869. The number of amides is 2. The Morgan fingerprint density at radius 1 is 1.03 bits per heavy atom. The van der Waals surface area contributed by atoms with E-state index in [-0.39, 0.29) is 29.5 Å². The third kappa shape index (κ3) is 5.37. The summed E-state index contributed by atoms with van der Waals surface area (Å²) in [6.07, 6.45) is -3.62. The van der Waals surface area contributed by atoms with E-state index in [2.05, 4.69) is 30.3 Å². The lowest BCUT2D eigenvalue weighted by Gasteiger charge is -2.07. The van der Waals surface area contributed by atoms with E-state index >= 15 is 0 Å². The largest absolute Gasteiger partial charge is 0.471 e. The Morgan fingerprint density at radius 2 is 1.79 bits per heavy atom. The second kappa shape index (κ2) is 8.50. The first-order chi connectivity index (χ1) is 13.8. The van der Waals surface area contributed by atoms with Gasteiger partial charge in [-0.15, -0.1) is 0 Å². The van der Waals surface area contributed by atoms with Gasteiger partial charge in [-0.05, 0) is 17.7 Å². The molecule has 0 fully saturated rings. The van der Waals surface area contributed by atoms with Gasteiger partial charge in [0.05, 0.1) is 12.1 Å². The third-order valence-electron chi connectivity index (χ3n) is 3.67. The zero-order valence-corrected chi connectivity index (χ0v) is 14.7. The molecule has 2 amide bonds. The normalized spacial score (nSPS) is 11.1. The molecule has 8 nitrogen and oxygen atoms in total.